The van der Waals surface area contributed by atoms with Crippen molar-refractivity contribution in [1.29, 1.82) is 0 Å². The Bertz CT molecular complexity index is 330. The number of nitrogens with zero attached hydrogens (tertiary/aromatic N) is 5. The molecule has 1 aliphatic rings. The van der Waals surface area contributed by atoms with Crippen LogP contribution in [0.5, 0.6) is 0 Å². The third-order valence-corrected chi connectivity index (χ3v) is 2.50. The third kappa shape index (κ3) is 1.68. The summed E-state index contributed by atoms with van der Waals surface area (Å²) in [6.07, 6.45) is 5.32. The van der Waals surface area contributed by atoms with Crippen LogP contribution in [-0.4, -0.2) is 38.7 Å². The number of hydrogen-bond donors (Lipinski definition) is 0. The van der Waals surface area contributed by atoms with Crippen molar-refractivity contribution < 1.29 is 0 Å². The molecule has 1 aliphatic heterocycles. The second kappa shape index (κ2) is 3.88. The van der Waals surface area contributed by atoms with Gasteiger partial charge in [0.05, 0.1) is 12.6 Å². The number of tetrazole rings is 1. The molecule has 0 aromatic carbocycles. The number of hydrogen-bond acceptors (Lipinski definition) is 4. The van der Waals surface area contributed by atoms with Crippen molar-refractivity contribution in [2.24, 2.45) is 0 Å². The quantitative estimate of drug-likeness (QED) is 0.646. The van der Waals surface area contributed by atoms with Gasteiger partial charge in [-0.3, -0.25) is 4.90 Å². The Kier molecular flexibility index (Phi) is 2.58. The smallest absolute Gasteiger partial charge is 0.192 e. The van der Waals surface area contributed by atoms with Gasteiger partial charge in [0, 0.05) is 6.54 Å². The van der Waals surface area contributed by atoms with Crippen LogP contribution in [0.1, 0.15) is 25.2 Å². The highest BCUT2D eigenvalue weighted by molar-refractivity contribution is 5.02. The fourth-order valence-electron chi connectivity index (χ4n) is 1.60. The van der Waals surface area contributed by atoms with Crippen molar-refractivity contribution in [2.75, 3.05) is 13.6 Å². The highest BCUT2D eigenvalue weighted by atomic mass is 15.6. The first-order valence-electron chi connectivity index (χ1n) is 4.94. The normalized spacial score (nSPS) is 22.9. The fraction of sp³-hybridized carbons (Fsp3) is 0.667. The van der Waals surface area contributed by atoms with Crippen LogP contribution in [0.2, 0.25) is 0 Å². The number of likely N-dealkylation sites (N-methyl/N-ethyl adjacent to an activating group) is 1. The van der Waals surface area contributed by atoms with Crippen LogP contribution in [0, 0.1) is 0 Å². The predicted octanol–water partition coefficient (Wildman–Crippen LogP) is 0.626. The molecule has 0 saturated heterocycles. The Hall–Kier alpha value is -1.23. The fourth-order valence-corrected chi connectivity index (χ4v) is 1.60. The Balaban J connectivity index is 2.17. The van der Waals surface area contributed by atoms with Crippen molar-refractivity contribution in [3.8, 4) is 0 Å². The molecule has 0 bridgehead atoms. The van der Waals surface area contributed by atoms with Crippen molar-refractivity contribution in [1.82, 2.24) is 25.1 Å². The molecule has 2 rings (SSSR count). The largest absolute Gasteiger partial charge is 0.292 e. The molecule has 0 aliphatic carbocycles. The van der Waals surface area contributed by atoms with Gasteiger partial charge in [-0.2, -0.15) is 4.80 Å². The SMILES string of the molecule is CCn1nnc(C2CC=CCN2C)n1. The highest BCUT2D eigenvalue weighted by Crippen LogP contribution is 2.22. The molecule has 0 saturated carbocycles. The lowest BCUT2D eigenvalue weighted by Gasteiger charge is -2.26. The molecule has 0 radical (unpaired) electrons. The lowest BCUT2D eigenvalue weighted by atomic mass is 10.1. The first-order valence-corrected chi connectivity index (χ1v) is 4.94. The van der Waals surface area contributed by atoms with E-state index in [9.17, 15) is 0 Å². The zero-order valence-corrected chi connectivity index (χ0v) is 8.59. The minimum atomic E-state index is 0.292. The summed E-state index contributed by atoms with van der Waals surface area (Å²) in [5, 5.41) is 12.4. The van der Waals surface area contributed by atoms with Gasteiger partial charge in [-0.15, -0.1) is 10.2 Å². The third-order valence-electron chi connectivity index (χ3n) is 2.50. The van der Waals surface area contributed by atoms with E-state index in [1.807, 2.05) is 6.92 Å². The first kappa shape index (κ1) is 9.33. The number of aryl methyl sites for hydroxylation is 1. The minimum Gasteiger partial charge on any atom is -0.292 e. The van der Waals surface area contributed by atoms with E-state index < -0.39 is 0 Å². The second-order valence-corrected chi connectivity index (χ2v) is 3.50. The standard InChI is InChI=1S/C9H15N5/c1-3-14-11-9(10-12-14)8-6-4-5-7-13(8)2/h4-5,8H,3,6-7H2,1-2H3. The maximum atomic E-state index is 4.32. The molecule has 14 heavy (non-hydrogen) atoms. The lowest BCUT2D eigenvalue weighted by molar-refractivity contribution is 0.249. The van der Waals surface area contributed by atoms with E-state index in [4.69, 9.17) is 0 Å². The molecule has 0 spiro atoms. The predicted molar refractivity (Wildman–Crippen MR) is 52.6 cm³/mol. The summed E-state index contributed by atoms with van der Waals surface area (Å²) in [7, 11) is 2.08. The Labute approximate surface area is 83.4 Å². The second-order valence-electron chi connectivity index (χ2n) is 3.50. The molecule has 1 aromatic rings. The molecule has 1 atom stereocenters. The van der Waals surface area contributed by atoms with Gasteiger partial charge < -0.3 is 0 Å². The van der Waals surface area contributed by atoms with Gasteiger partial charge in [0.15, 0.2) is 5.82 Å². The molecular weight excluding hydrogens is 178 g/mol. The summed E-state index contributed by atoms with van der Waals surface area (Å²) in [5.74, 6) is 0.832. The number of rotatable bonds is 2. The molecule has 5 nitrogen and oxygen atoms in total. The van der Waals surface area contributed by atoms with E-state index in [1.165, 1.54) is 0 Å². The maximum absolute atomic E-state index is 4.32. The molecular formula is C9H15N5. The van der Waals surface area contributed by atoms with Gasteiger partial charge >= 0.3 is 0 Å². The number of aromatic nitrogens is 4. The summed E-state index contributed by atoms with van der Waals surface area (Å²) in [6, 6.07) is 0.292. The van der Waals surface area contributed by atoms with Gasteiger partial charge in [0.1, 0.15) is 0 Å². The highest BCUT2D eigenvalue weighted by Gasteiger charge is 2.21. The zero-order chi connectivity index (χ0) is 9.97. The van der Waals surface area contributed by atoms with E-state index in [0.29, 0.717) is 6.04 Å². The van der Waals surface area contributed by atoms with E-state index in [2.05, 4.69) is 39.5 Å². The van der Waals surface area contributed by atoms with E-state index in [-0.39, 0.29) is 0 Å². The summed E-state index contributed by atoms with van der Waals surface area (Å²) in [6.45, 7) is 3.75. The summed E-state index contributed by atoms with van der Waals surface area (Å²) >= 11 is 0. The van der Waals surface area contributed by atoms with Crippen LogP contribution in [0.4, 0.5) is 0 Å². The summed E-state index contributed by atoms with van der Waals surface area (Å²) in [4.78, 5) is 3.86. The average Bonchev–Trinajstić information content (AvgIpc) is 2.67. The lowest BCUT2D eigenvalue weighted by Crippen LogP contribution is -2.28. The summed E-state index contributed by atoms with van der Waals surface area (Å²) < 4.78 is 0. The van der Waals surface area contributed by atoms with Crippen LogP contribution < -0.4 is 0 Å². The van der Waals surface area contributed by atoms with Gasteiger partial charge in [0.2, 0.25) is 0 Å². The van der Waals surface area contributed by atoms with Gasteiger partial charge in [-0.1, -0.05) is 12.2 Å². The van der Waals surface area contributed by atoms with E-state index in [1.54, 1.807) is 4.80 Å². The Morgan fingerprint density at radius 2 is 2.36 bits per heavy atom. The zero-order valence-electron chi connectivity index (χ0n) is 8.59. The monoisotopic (exact) mass is 193 g/mol. The van der Waals surface area contributed by atoms with Crippen LogP contribution in [-0.2, 0) is 6.54 Å². The average molecular weight is 193 g/mol. The van der Waals surface area contributed by atoms with Crippen LogP contribution in [0.3, 0.4) is 0 Å². The van der Waals surface area contributed by atoms with Crippen LogP contribution in [0.25, 0.3) is 0 Å². The first-order chi connectivity index (χ1) is 6.81. The molecule has 1 aromatic heterocycles. The molecule has 0 fully saturated rings. The molecule has 76 valence electrons. The van der Waals surface area contributed by atoms with Crippen molar-refractivity contribution in [3.05, 3.63) is 18.0 Å². The van der Waals surface area contributed by atoms with Crippen LogP contribution in [0.15, 0.2) is 12.2 Å². The van der Waals surface area contributed by atoms with Gasteiger partial charge in [-0.25, -0.2) is 0 Å². The van der Waals surface area contributed by atoms with E-state index in [0.717, 1.165) is 25.3 Å². The minimum absolute atomic E-state index is 0.292. The van der Waals surface area contributed by atoms with Crippen molar-refractivity contribution in [3.63, 3.8) is 0 Å². The Morgan fingerprint density at radius 3 is 3.00 bits per heavy atom. The molecule has 1 unspecified atom stereocenters. The maximum Gasteiger partial charge on any atom is 0.192 e. The van der Waals surface area contributed by atoms with Crippen molar-refractivity contribution >= 4 is 0 Å². The molecule has 2 heterocycles. The van der Waals surface area contributed by atoms with Gasteiger partial charge in [0.25, 0.3) is 0 Å². The molecule has 5 heteroatoms. The summed E-state index contributed by atoms with van der Waals surface area (Å²) in [5.41, 5.74) is 0. The van der Waals surface area contributed by atoms with Crippen molar-refractivity contribution in [2.45, 2.75) is 25.9 Å². The molecule has 0 N–H and O–H groups in total. The van der Waals surface area contributed by atoms with Crippen LogP contribution >= 0.6 is 0 Å². The topological polar surface area (TPSA) is 46.8 Å². The molecule has 0 amide bonds. The van der Waals surface area contributed by atoms with Gasteiger partial charge in [-0.05, 0) is 25.6 Å². The Morgan fingerprint density at radius 1 is 1.50 bits per heavy atom. The van der Waals surface area contributed by atoms with E-state index >= 15 is 0 Å².